The smallest absolute Gasteiger partial charge is 0.162 e. The van der Waals surface area contributed by atoms with Crippen molar-refractivity contribution in [3.63, 3.8) is 0 Å². The lowest BCUT2D eigenvalue weighted by molar-refractivity contribution is 0.0176. The van der Waals surface area contributed by atoms with Crippen LogP contribution in [0.2, 0.25) is 0 Å². The predicted molar refractivity (Wildman–Crippen MR) is 52.4 cm³/mol. The Balaban J connectivity index is 2.76. The van der Waals surface area contributed by atoms with E-state index in [9.17, 15) is 19.0 Å². The van der Waals surface area contributed by atoms with Crippen LogP contribution in [0.25, 0.3) is 0 Å². The summed E-state index contributed by atoms with van der Waals surface area (Å²) in [5, 5.41) is 18.7. The van der Waals surface area contributed by atoms with Crippen molar-refractivity contribution < 1.29 is 19.0 Å². The lowest BCUT2D eigenvalue weighted by atomic mass is 10.0. The number of hydrogen-bond donors (Lipinski definition) is 2. The Bertz CT molecular complexity index is 328. The maximum Gasteiger partial charge on any atom is 0.162 e. The van der Waals surface area contributed by atoms with Gasteiger partial charge in [-0.05, 0) is 18.1 Å². The molecule has 0 saturated carbocycles. The van der Waals surface area contributed by atoms with Gasteiger partial charge in [-0.3, -0.25) is 0 Å². The van der Waals surface area contributed by atoms with Crippen molar-refractivity contribution in [3.8, 4) is 0 Å². The molecule has 0 aromatic heterocycles. The van der Waals surface area contributed by atoms with Crippen molar-refractivity contribution >= 4 is 0 Å². The van der Waals surface area contributed by atoms with Crippen molar-refractivity contribution in [2.45, 2.75) is 32.0 Å². The number of benzene rings is 1. The normalized spacial score (nSPS) is 15.0. The molecule has 4 heteroatoms. The summed E-state index contributed by atoms with van der Waals surface area (Å²) in [7, 11) is 0. The van der Waals surface area contributed by atoms with Gasteiger partial charge in [0.2, 0.25) is 0 Å². The summed E-state index contributed by atoms with van der Waals surface area (Å²) in [6.07, 6.45) is -1.68. The first-order valence-electron chi connectivity index (χ1n) is 4.85. The molecule has 0 aliphatic heterocycles. The molecule has 0 fully saturated rings. The highest BCUT2D eigenvalue weighted by molar-refractivity contribution is 5.19. The summed E-state index contributed by atoms with van der Waals surface area (Å²) >= 11 is 0. The third-order valence-corrected chi connectivity index (χ3v) is 2.32. The van der Waals surface area contributed by atoms with Crippen LogP contribution in [-0.2, 0) is 6.42 Å². The first kappa shape index (κ1) is 12.1. The molecule has 84 valence electrons. The van der Waals surface area contributed by atoms with Crippen LogP contribution in [-0.4, -0.2) is 22.4 Å². The molecule has 0 heterocycles. The molecule has 2 nitrogen and oxygen atoms in total. The minimum Gasteiger partial charge on any atom is -0.390 e. The van der Waals surface area contributed by atoms with Gasteiger partial charge < -0.3 is 10.2 Å². The predicted octanol–water partition coefficient (Wildman–Crippen LogP) is 1.64. The van der Waals surface area contributed by atoms with Crippen molar-refractivity contribution in [1.82, 2.24) is 0 Å². The van der Waals surface area contributed by atoms with E-state index in [1.54, 1.807) is 6.92 Å². The van der Waals surface area contributed by atoms with E-state index < -0.39 is 23.8 Å². The van der Waals surface area contributed by atoms with E-state index in [4.69, 9.17) is 0 Å². The Morgan fingerprint density at radius 3 is 2.47 bits per heavy atom. The van der Waals surface area contributed by atoms with Crippen LogP contribution in [0.5, 0.6) is 0 Å². The Labute approximate surface area is 87.2 Å². The molecule has 1 rings (SSSR count). The van der Waals surface area contributed by atoms with Gasteiger partial charge in [0.25, 0.3) is 0 Å². The second-order valence-corrected chi connectivity index (χ2v) is 3.46. The summed E-state index contributed by atoms with van der Waals surface area (Å²) < 4.78 is 26.0. The van der Waals surface area contributed by atoms with Crippen molar-refractivity contribution in [2.75, 3.05) is 0 Å². The zero-order valence-corrected chi connectivity index (χ0v) is 8.45. The SMILES string of the molecule is CCC(O)C(O)Cc1cccc(F)c1F. The van der Waals surface area contributed by atoms with Crippen molar-refractivity contribution in [3.05, 3.63) is 35.4 Å². The minimum atomic E-state index is -1.06. The monoisotopic (exact) mass is 216 g/mol. The number of aliphatic hydroxyl groups excluding tert-OH is 2. The van der Waals surface area contributed by atoms with E-state index >= 15 is 0 Å². The van der Waals surface area contributed by atoms with Gasteiger partial charge in [-0.2, -0.15) is 0 Å². The van der Waals surface area contributed by atoms with E-state index in [1.165, 1.54) is 12.1 Å². The van der Waals surface area contributed by atoms with Gasteiger partial charge in [-0.15, -0.1) is 0 Å². The highest BCUT2D eigenvalue weighted by Gasteiger charge is 2.17. The summed E-state index contributed by atoms with van der Waals surface area (Å²) in [5.74, 6) is -1.90. The van der Waals surface area contributed by atoms with Gasteiger partial charge in [0.15, 0.2) is 11.6 Å². The van der Waals surface area contributed by atoms with Crippen LogP contribution in [0.3, 0.4) is 0 Å². The largest absolute Gasteiger partial charge is 0.390 e. The molecule has 0 radical (unpaired) electrons. The second kappa shape index (κ2) is 5.19. The zero-order valence-electron chi connectivity index (χ0n) is 8.45. The van der Waals surface area contributed by atoms with E-state index in [0.717, 1.165) is 6.07 Å². The van der Waals surface area contributed by atoms with Crippen LogP contribution in [0.4, 0.5) is 8.78 Å². The Kier molecular flexibility index (Phi) is 4.17. The Morgan fingerprint density at radius 2 is 1.87 bits per heavy atom. The summed E-state index contributed by atoms with van der Waals surface area (Å²) in [6, 6.07) is 3.78. The maximum absolute atomic E-state index is 13.2. The van der Waals surface area contributed by atoms with Crippen LogP contribution in [0.15, 0.2) is 18.2 Å². The van der Waals surface area contributed by atoms with Gasteiger partial charge in [-0.25, -0.2) is 8.78 Å². The van der Waals surface area contributed by atoms with Crippen LogP contribution in [0.1, 0.15) is 18.9 Å². The molecule has 2 atom stereocenters. The molecule has 1 aromatic rings. The zero-order chi connectivity index (χ0) is 11.4. The molecule has 0 saturated heterocycles. The lowest BCUT2D eigenvalue weighted by Crippen LogP contribution is -2.27. The summed E-state index contributed by atoms with van der Waals surface area (Å²) in [6.45, 7) is 1.70. The number of aliphatic hydroxyl groups is 2. The Hall–Kier alpha value is -1.00. The fourth-order valence-electron chi connectivity index (χ4n) is 1.34. The molecule has 0 aliphatic rings. The molecular formula is C11H14F2O2. The van der Waals surface area contributed by atoms with Gasteiger partial charge in [0.1, 0.15) is 0 Å². The minimum absolute atomic E-state index is 0.0787. The van der Waals surface area contributed by atoms with Gasteiger partial charge in [0.05, 0.1) is 12.2 Å². The molecule has 1 aromatic carbocycles. The van der Waals surface area contributed by atoms with Crippen LogP contribution >= 0.6 is 0 Å². The van der Waals surface area contributed by atoms with Gasteiger partial charge in [-0.1, -0.05) is 19.1 Å². The second-order valence-electron chi connectivity index (χ2n) is 3.46. The molecular weight excluding hydrogens is 202 g/mol. The summed E-state index contributed by atoms with van der Waals surface area (Å²) in [4.78, 5) is 0. The first-order chi connectivity index (χ1) is 7.06. The average Bonchev–Trinajstić information content (AvgIpc) is 2.23. The molecule has 0 amide bonds. The van der Waals surface area contributed by atoms with Crippen molar-refractivity contribution in [1.29, 1.82) is 0 Å². The Morgan fingerprint density at radius 1 is 1.20 bits per heavy atom. The van der Waals surface area contributed by atoms with Crippen LogP contribution in [0, 0.1) is 11.6 Å². The molecule has 2 N–H and O–H groups in total. The van der Waals surface area contributed by atoms with E-state index in [1.807, 2.05) is 0 Å². The molecule has 15 heavy (non-hydrogen) atoms. The number of hydrogen-bond acceptors (Lipinski definition) is 2. The lowest BCUT2D eigenvalue weighted by Gasteiger charge is -2.16. The molecule has 2 unspecified atom stereocenters. The highest BCUT2D eigenvalue weighted by Crippen LogP contribution is 2.15. The molecule has 0 aliphatic carbocycles. The summed E-state index contributed by atoms with van der Waals surface area (Å²) in [5.41, 5.74) is 0.0787. The van der Waals surface area contributed by atoms with E-state index in [-0.39, 0.29) is 12.0 Å². The quantitative estimate of drug-likeness (QED) is 0.803. The molecule has 0 spiro atoms. The topological polar surface area (TPSA) is 40.5 Å². The average molecular weight is 216 g/mol. The van der Waals surface area contributed by atoms with E-state index in [2.05, 4.69) is 0 Å². The first-order valence-corrected chi connectivity index (χ1v) is 4.85. The van der Waals surface area contributed by atoms with E-state index in [0.29, 0.717) is 6.42 Å². The van der Waals surface area contributed by atoms with Gasteiger partial charge in [0, 0.05) is 6.42 Å². The van der Waals surface area contributed by atoms with Gasteiger partial charge >= 0.3 is 0 Å². The third kappa shape index (κ3) is 2.97. The van der Waals surface area contributed by atoms with Crippen LogP contribution < -0.4 is 0 Å². The fourth-order valence-corrected chi connectivity index (χ4v) is 1.34. The molecule has 0 bridgehead atoms. The van der Waals surface area contributed by atoms with Crippen molar-refractivity contribution in [2.24, 2.45) is 0 Å². The third-order valence-electron chi connectivity index (χ3n) is 2.32. The maximum atomic E-state index is 13.2. The number of halogens is 2. The highest BCUT2D eigenvalue weighted by atomic mass is 19.2. The standard InChI is InChI=1S/C11H14F2O2/c1-2-9(14)10(15)6-7-4-3-5-8(12)11(7)13/h3-5,9-10,14-15H,2,6H2,1H3. The fraction of sp³-hybridized carbons (Fsp3) is 0.455. The number of rotatable bonds is 4.